The Labute approximate surface area is 203 Å². The van der Waals surface area contributed by atoms with Gasteiger partial charge in [-0.2, -0.15) is 5.10 Å². The van der Waals surface area contributed by atoms with Crippen LogP contribution in [-0.4, -0.2) is 71.3 Å². The van der Waals surface area contributed by atoms with E-state index in [9.17, 15) is 17.6 Å². The van der Waals surface area contributed by atoms with Gasteiger partial charge in [-0.15, -0.1) is 0 Å². The largest absolute Gasteiger partial charge is 0.341 e. The molecule has 0 unspecified atom stereocenters. The second kappa shape index (κ2) is 9.37. The molecule has 1 aromatic carbocycles. The van der Waals surface area contributed by atoms with Gasteiger partial charge in [-0.1, -0.05) is 6.07 Å². The van der Waals surface area contributed by atoms with Crippen LogP contribution in [0.15, 0.2) is 47.9 Å². The van der Waals surface area contributed by atoms with Crippen LogP contribution in [-0.2, 0) is 21.1 Å². The average molecular weight is 499 g/mol. The summed E-state index contributed by atoms with van der Waals surface area (Å²) in [5.41, 5.74) is 2.21. The maximum absolute atomic E-state index is 14.5. The number of aromatic nitrogens is 4. The van der Waals surface area contributed by atoms with E-state index >= 15 is 0 Å². The van der Waals surface area contributed by atoms with Crippen LogP contribution in [0.25, 0.3) is 11.1 Å². The van der Waals surface area contributed by atoms with Crippen molar-refractivity contribution in [3.05, 3.63) is 54.4 Å². The third kappa shape index (κ3) is 4.90. The Hall–Kier alpha value is -3.34. The summed E-state index contributed by atoms with van der Waals surface area (Å²) in [6.45, 7) is 2.17. The molecule has 9 nitrogen and oxygen atoms in total. The number of piperidine rings is 1. The molecule has 2 aliphatic heterocycles. The summed E-state index contributed by atoms with van der Waals surface area (Å²) < 4.78 is 37.8. The van der Waals surface area contributed by atoms with Crippen LogP contribution in [0, 0.1) is 11.7 Å². The smallest absolute Gasteiger partial charge is 0.226 e. The number of benzene rings is 1. The topological polar surface area (TPSA) is 112 Å². The fourth-order valence-corrected chi connectivity index (χ4v) is 5.56. The molecule has 4 heterocycles. The van der Waals surface area contributed by atoms with Crippen LogP contribution in [0.1, 0.15) is 24.8 Å². The van der Waals surface area contributed by atoms with Crippen molar-refractivity contribution in [2.24, 2.45) is 5.92 Å². The number of halogens is 1. The zero-order valence-electron chi connectivity index (χ0n) is 19.4. The van der Waals surface area contributed by atoms with E-state index in [-0.39, 0.29) is 29.2 Å². The van der Waals surface area contributed by atoms with Gasteiger partial charge in [0.1, 0.15) is 5.82 Å². The van der Waals surface area contributed by atoms with Crippen LogP contribution in [0.5, 0.6) is 0 Å². The molecule has 0 saturated carbocycles. The van der Waals surface area contributed by atoms with E-state index in [2.05, 4.69) is 25.1 Å². The zero-order chi connectivity index (χ0) is 24.6. The lowest BCUT2D eigenvalue weighted by Crippen LogP contribution is -2.46. The van der Waals surface area contributed by atoms with Gasteiger partial charge in [0, 0.05) is 67.6 Å². The quantitative estimate of drug-likeness (QED) is 0.556. The van der Waals surface area contributed by atoms with Gasteiger partial charge in [0.25, 0.3) is 0 Å². The predicted octanol–water partition coefficient (Wildman–Crippen LogP) is 2.47. The van der Waals surface area contributed by atoms with Gasteiger partial charge < -0.3 is 9.80 Å². The lowest BCUT2D eigenvalue weighted by molar-refractivity contribution is -0.133. The Bertz CT molecular complexity index is 1310. The molecule has 1 amide bonds. The van der Waals surface area contributed by atoms with Gasteiger partial charge >= 0.3 is 0 Å². The number of nitrogens with zero attached hydrogens (tertiary/aromatic N) is 5. The molecule has 11 heteroatoms. The van der Waals surface area contributed by atoms with Gasteiger partial charge in [0.2, 0.25) is 11.9 Å². The highest BCUT2D eigenvalue weighted by Gasteiger charge is 2.37. The monoisotopic (exact) mass is 498 g/mol. The second-order valence-corrected chi connectivity index (χ2v) is 11.2. The first-order valence-corrected chi connectivity index (χ1v) is 13.5. The van der Waals surface area contributed by atoms with Crippen LogP contribution < -0.4 is 4.90 Å². The predicted molar refractivity (Wildman–Crippen MR) is 128 cm³/mol. The number of rotatable bonds is 6. The van der Waals surface area contributed by atoms with Crippen LogP contribution in [0.3, 0.4) is 0 Å². The van der Waals surface area contributed by atoms with Crippen molar-refractivity contribution in [2.45, 2.75) is 36.6 Å². The number of carbonyl (C=O) groups is 1. The van der Waals surface area contributed by atoms with E-state index in [1.807, 2.05) is 4.90 Å². The maximum Gasteiger partial charge on any atom is 0.226 e. The standard InChI is InChI=1S/C24H27FN6O3S/c1-35(33,34)21-3-2-16(22(25)11-21)10-17-4-9-31(23(17)32)20-5-7-30(8-6-20)24-26-12-18(13-27-24)19-14-28-29-15-19/h2-3,11-15,17,20H,4-10H2,1H3,(H,28,29)/t17-/m1/s1. The molecule has 2 saturated heterocycles. The lowest BCUT2D eigenvalue weighted by Gasteiger charge is -2.36. The molecule has 2 fully saturated rings. The van der Waals surface area contributed by atoms with Crippen molar-refractivity contribution in [1.29, 1.82) is 0 Å². The average Bonchev–Trinajstić information content (AvgIpc) is 3.51. The highest BCUT2D eigenvalue weighted by Crippen LogP contribution is 2.30. The van der Waals surface area contributed by atoms with E-state index < -0.39 is 15.7 Å². The third-order valence-corrected chi connectivity index (χ3v) is 8.04. The number of sulfone groups is 1. The molecule has 35 heavy (non-hydrogen) atoms. The molecule has 0 aliphatic carbocycles. The maximum atomic E-state index is 14.5. The third-order valence-electron chi connectivity index (χ3n) is 6.93. The number of hydrogen-bond acceptors (Lipinski definition) is 7. The summed E-state index contributed by atoms with van der Waals surface area (Å²) in [5, 5.41) is 6.72. The molecule has 3 aromatic rings. The van der Waals surface area contributed by atoms with Crippen LogP contribution in [0.2, 0.25) is 0 Å². The molecule has 1 N–H and O–H groups in total. The van der Waals surface area contributed by atoms with Gasteiger partial charge in [-0.3, -0.25) is 9.89 Å². The highest BCUT2D eigenvalue weighted by atomic mass is 32.2. The number of carbonyl (C=O) groups excluding carboxylic acids is 1. The van der Waals surface area contributed by atoms with E-state index in [0.29, 0.717) is 24.5 Å². The SMILES string of the molecule is CS(=O)(=O)c1ccc(C[C@H]2CCN(C3CCN(c4ncc(-c5cn[nH]c5)cn4)CC3)C2=O)c(F)c1. The fraction of sp³-hybridized carbons (Fsp3) is 0.417. The van der Waals surface area contributed by atoms with Crippen molar-refractivity contribution >= 4 is 21.7 Å². The van der Waals surface area contributed by atoms with E-state index in [1.54, 1.807) is 24.8 Å². The number of nitrogens with one attached hydrogen (secondary N) is 1. The minimum atomic E-state index is -3.47. The summed E-state index contributed by atoms with van der Waals surface area (Å²) in [5.74, 6) is -0.137. The summed E-state index contributed by atoms with van der Waals surface area (Å²) in [6, 6.07) is 4.08. The van der Waals surface area contributed by atoms with Gasteiger partial charge in [0.15, 0.2) is 9.84 Å². The normalized spacial score (nSPS) is 19.5. The fourth-order valence-electron chi connectivity index (χ4n) is 4.92. The van der Waals surface area contributed by atoms with Crippen molar-refractivity contribution in [1.82, 2.24) is 25.1 Å². The second-order valence-electron chi connectivity index (χ2n) is 9.22. The minimum Gasteiger partial charge on any atom is -0.341 e. The number of amides is 1. The number of aromatic amines is 1. The number of likely N-dealkylation sites (tertiary alicyclic amines) is 1. The molecule has 184 valence electrons. The van der Waals surface area contributed by atoms with Gasteiger partial charge in [-0.25, -0.2) is 22.8 Å². The Morgan fingerprint density at radius 1 is 1.06 bits per heavy atom. The van der Waals surface area contributed by atoms with Gasteiger partial charge in [-0.05, 0) is 43.4 Å². The first-order chi connectivity index (χ1) is 16.8. The van der Waals surface area contributed by atoms with Gasteiger partial charge in [0.05, 0.1) is 11.1 Å². The summed E-state index contributed by atoms with van der Waals surface area (Å²) in [6.07, 6.45) is 10.7. The first-order valence-electron chi connectivity index (χ1n) is 11.6. The van der Waals surface area contributed by atoms with Crippen LogP contribution in [0.4, 0.5) is 10.3 Å². The highest BCUT2D eigenvalue weighted by molar-refractivity contribution is 7.90. The number of hydrogen-bond donors (Lipinski definition) is 1. The van der Waals surface area contributed by atoms with Crippen molar-refractivity contribution in [2.75, 3.05) is 30.8 Å². The van der Waals surface area contributed by atoms with Crippen molar-refractivity contribution < 1.29 is 17.6 Å². The van der Waals surface area contributed by atoms with Crippen molar-refractivity contribution in [3.8, 4) is 11.1 Å². The molecule has 2 aliphatic rings. The lowest BCUT2D eigenvalue weighted by atomic mass is 9.97. The van der Waals surface area contributed by atoms with E-state index in [4.69, 9.17) is 0 Å². The Balaban J connectivity index is 1.17. The summed E-state index contributed by atoms with van der Waals surface area (Å²) in [4.78, 5) is 26.1. The first kappa shape index (κ1) is 23.4. The van der Waals surface area contributed by atoms with E-state index in [1.165, 1.54) is 12.1 Å². The molecular formula is C24H27FN6O3S. The zero-order valence-corrected chi connectivity index (χ0v) is 20.2. The van der Waals surface area contributed by atoms with Crippen LogP contribution >= 0.6 is 0 Å². The Morgan fingerprint density at radius 3 is 2.43 bits per heavy atom. The van der Waals surface area contributed by atoms with E-state index in [0.717, 1.165) is 49.4 Å². The Morgan fingerprint density at radius 2 is 1.80 bits per heavy atom. The molecular weight excluding hydrogens is 471 g/mol. The molecule has 0 bridgehead atoms. The van der Waals surface area contributed by atoms with Crippen molar-refractivity contribution in [3.63, 3.8) is 0 Å². The molecule has 2 aromatic heterocycles. The number of anilines is 1. The molecule has 0 spiro atoms. The summed E-state index contributed by atoms with van der Waals surface area (Å²) >= 11 is 0. The molecule has 1 atom stereocenters. The number of H-pyrrole nitrogens is 1. The summed E-state index contributed by atoms with van der Waals surface area (Å²) in [7, 11) is -3.47. The Kier molecular flexibility index (Phi) is 6.26. The molecule has 5 rings (SSSR count). The molecule has 0 radical (unpaired) electrons. The minimum absolute atomic E-state index is 0.0509.